The maximum absolute atomic E-state index is 9.19. The van der Waals surface area contributed by atoms with Crippen LogP contribution in [0.5, 0.6) is 11.5 Å². The molecule has 48 heavy (non-hydrogen) atoms. The predicted molar refractivity (Wildman–Crippen MR) is 188 cm³/mol. The van der Waals surface area contributed by atoms with Gasteiger partial charge in [-0.05, 0) is 100 Å². The van der Waals surface area contributed by atoms with E-state index >= 15 is 0 Å². The molecule has 3 heterocycles. The summed E-state index contributed by atoms with van der Waals surface area (Å²) in [4.78, 5) is 8.50. The lowest BCUT2D eigenvalue weighted by Crippen LogP contribution is -2.15. The Kier molecular flexibility index (Phi) is 11.7. The van der Waals surface area contributed by atoms with Crippen molar-refractivity contribution in [1.82, 2.24) is 9.97 Å². The highest BCUT2D eigenvalue weighted by molar-refractivity contribution is 7.85. The molecule has 0 aliphatic carbocycles. The summed E-state index contributed by atoms with van der Waals surface area (Å²) in [5.41, 5.74) is 4.06. The molecule has 250 valence electrons. The van der Waals surface area contributed by atoms with E-state index in [2.05, 4.69) is 20.6 Å². The lowest BCUT2D eigenvalue weighted by atomic mass is 10.1. The molecule has 5 rings (SSSR count). The first-order chi connectivity index (χ1) is 22.8. The van der Waals surface area contributed by atoms with E-state index in [0.717, 1.165) is 11.1 Å². The van der Waals surface area contributed by atoms with Crippen LogP contribution in [0.25, 0.3) is 22.6 Å². The molecule has 0 atom stereocenters. The lowest BCUT2D eigenvalue weighted by Gasteiger charge is -2.17. The second kappa shape index (κ2) is 15.8. The predicted octanol–water partition coefficient (Wildman–Crippen LogP) is 7.36. The van der Waals surface area contributed by atoms with Gasteiger partial charge in [0.15, 0.2) is 0 Å². The second-order valence-corrected chi connectivity index (χ2v) is 12.5. The summed E-state index contributed by atoms with van der Waals surface area (Å²) in [6, 6.07) is 26.1. The molecule has 0 spiro atoms. The molecule has 3 aromatic heterocycles. The summed E-state index contributed by atoms with van der Waals surface area (Å²) >= 11 is 0. The number of amidine groups is 2. The Morgan fingerprint density at radius 2 is 1.10 bits per heavy atom. The Hall–Kier alpha value is -5.53. The minimum absolute atomic E-state index is 0.0716. The van der Waals surface area contributed by atoms with E-state index in [1.54, 1.807) is 24.5 Å². The molecule has 0 unspecified atom stereocenters. The minimum Gasteiger partial charge on any atom is -0.489 e. The summed E-state index contributed by atoms with van der Waals surface area (Å²) in [7, 11) is -3.67. The molecule has 12 nitrogen and oxygen atoms in total. The minimum atomic E-state index is -3.67. The highest BCUT2D eigenvalue weighted by atomic mass is 32.2. The number of pyridine rings is 2. The topological polar surface area (TPSA) is 184 Å². The summed E-state index contributed by atoms with van der Waals surface area (Å²) in [5, 5.41) is 23.1. The average molecular weight is 671 g/mol. The Bertz CT molecular complexity index is 1830. The van der Waals surface area contributed by atoms with Gasteiger partial charge in [-0.15, -0.1) is 0 Å². The van der Waals surface area contributed by atoms with E-state index in [1.165, 1.54) is 0 Å². The Morgan fingerprint density at radius 3 is 1.44 bits per heavy atom. The number of anilines is 2. The number of nitrogens with zero attached hydrogens (tertiary/aromatic N) is 2. The van der Waals surface area contributed by atoms with E-state index in [4.69, 9.17) is 29.3 Å². The van der Waals surface area contributed by atoms with Crippen LogP contribution in [-0.4, -0.2) is 53.1 Å². The lowest BCUT2D eigenvalue weighted by molar-refractivity contribution is 0.243. The van der Waals surface area contributed by atoms with Gasteiger partial charge in [-0.25, -0.2) is 0 Å². The van der Waals surface area contributed by atoms with Crippen molar-refractivity contribution in [1.29, 1.82) is 10.8 Å². The third-order valence-corrected chi connectivity index (χ3v) is 6.23. The highest BCUT2D eigenvalue weighted by Crippen LogP contribution is 2.37. The molecule has 13 heteroatoms. The highest BCUT2D eigenvalue weighted by Gasteiger charge is 2.16. The normalized spacial score (nSPS) is 11.0. The van der Waals surface area contributed by atoms with Gasteiger partial charge >= 0.3 is 0 Å². The van der Waals surface area contributed by atoms with E-state index < -0.39 is 10.1 Å². The summed E-state index contributed by atoms with van der Waals surface area (Å²) < 4.78 is 44.4. The van der Waals surface area contributed by atoms with Gasteiger partial charge in [-0.1, -0.05) is 12.1 Å². The molecular formula is C35H38N6O6S. The molecular weight excluding hydrogens is 632 g/mol. The fourth-order valence-corrected chi connectivity index (χ4v) is 4.33. The fraction of sp³-hybridized carbons (Fsp3) is 0.200. The van der Waals surface area contributed by atoms with Crippen molar-refractivity contribution in [2.45, 2.75) is 39.9 Å². The molecule has 0 fully saturated rings. The van der Waals surface area contributed by atoms with Crippen molar-refractivity contribution in [2.75, 3.05) is 16.9 Å². The number of aromatic nitrogens is 2. The van der Waals surface area contributed by atoms with Crippen molar-refractivity contribution in [2.24, 2.45) is 0 Å². The fourth-order valence-electron chi connectivity index (χ4n) is 4.33. The van der Waals surface area contributed by atoms with Crippen molar-refractivity contribution in [3.05, 3.63) is 109 Å². The van der Waals surface area contributed by atoms with Crippen LogP contribution in [0.4, 0.5) is 11.4 Å². The zero-order chi connectivity index (χ0) is 34.8. The average Bonchev–Trinajstić information content (AvgIpc) is 3.53. The van der Waals surface area contributed by atoms with E-state index in [1.807, 2.05) is 100 Å². The quantitative estimate of drug-likeness (QED) is 0.0572. The first-order valence-corrected chi connectivity index (χ1v) is 16.8. The molecule has 0 saturated heterocycles. The van der Waals surface area contributed by atoms with E-state index in [9.17, 15) is 8.42 Å². The Morgan fingerprint density at radius 1 is 0.708 bits per heavy atom. The van der Waals surface area contributed by atoms with Gasteiger partial charge in [0.1, 0.15) is 46.1 Å². The number of nitrogens with one attached hydrogen (secondary N) is 4. The SMILES string of the molecule is CC(C)Oc1cc(-c2ccc(-c3ccc(NC(=N)c4ccccn4)c(OC(C)C)c3)o2)ccc1NC(=N)c1ccccn1.CS(=O)(=O)O. The summed E-state index contributed by atoms with van der Waals surface area (Å²) in [6.45, 7) is 7.83. The first-order valence-electron chi connectivity index (χ1n) is 14.9. The third-order valence-electron chi connectivity index (χ3n) is 6.23. The van der Waals surface area contributed by atoms with E-state index in [0.29, 0.717) is 52.0 Å². The maximum atomic E-state index is 9.19. The number of rotatable bonds is 10. The van der Waals surface area contributed by atoms with Crippen LogP contribution in [0, 0.1) is 10.8 Å². The molecule has 0 amide bonds. The molecule has 0 aliphatic rings. The van der Waals surface area contributed by atoms with Crippen molar-refractivity contribution in [3.8, 4) is 34.1 Å². The zero-order valence-electron chi connectivity index (χ0n) is 27.2. The molecule has 2 aromatic carbocycles. The van der Waals surface area contributed by atoms with Gasteiger partial charge in [0.25, 0.3) is 10.1 Å². The van der Waals surface area contributed by atoms with Crippen LogP contribution in [-0.2, 0) is 10.1 Å². The van der Waals surface area contributed by atoms with Crippen LogP contribution >= 0.6 is 0 Å². The number of hydrogen-bond acceptors (Lipinski definition) is 9. The van der Waals surface area contributed by atoms with Crippen molar-refractivity contribution >= 4 is 33.2 Å². The standard InChI is InChI=1S/C34H34N6O3.CH4O3S/c1-21(2)41-31-19-23(11-13-25(31)39-33(35)27-9-5-7-17-37-27)29-15-16-30(43-29)24-12-14-26(32(20-24)42-22(3)4)40-34(36)28-10-6-8-18-38-28;1-5(2,3)4/h5-22H,1-4H3,(H2,35,39)(H2,36,40);1H3,(H,2,3,4). The Labute approximate surface area is 280 Å². The van der Waals surface area contributed by atoms with Gasteiger partial charge in [-0.2, -0.15) is 8.42 Å². The van der Waals surface area contributed by atoms with Crippen LogP contribution in [0.15, 0.2) is 102 Å². The molecule has 0 saturated carbocycles. The van der Waals surface area contributed by atoms with Gasteiger partial charge in [0.2, 0.25) is 0 Å². The van der Waals surface area contributed by atoms with Gasteiger partial charge in [0, 0.05) is 23.5 Å². The monoisotopic (exact) mass is 670 g/mol. The van der Waals surface area contributed by atoms with Crippen LogP contribution < -0.4 is 20.1 Å². The zero-order valence-corrected chi connectivity index (χ0v) is 28.0. The molecule has 0 radical (unpaired) electrons. The number of benzene rings is 2. The summed E-state index contributed by atoms with van der Waals surface area (Å²) in [5.74, 6) is 2.89. The van der Waals surface area contributed by atoms with Gasteiger partial charge < -0.3 is 24.5 Å². The molecule has 5 aromatic rings. The first kappa shape index (κ1) is 35.3. The molecule has 0 bridgehead atoms. The number of ether oxygens (including phenoxy) is 2. The Balaban J connectivity index is 0.000000968. The van der Waals surface area contributed by atoms with Gasteiger partial charge in [0.05, 0.1) is 29.8 Å². The van der Waals surface area contributed by atoms with Gasteiger partial charge in [-0.3, -0.25) is 25.3 Å². The van der Waals surface area contributed by atoms with E-state index in [-0.39, 0.29) is 23.9 Å². The maximum Gasteiger partial charge on any atom is 0.261 e. The van der Waals surface area contributed by atoms with Crippen molar-refractivity contribution < 1.29 is 26.9 Å². The van der Waals surface area contributed by atoms with Crippen LogP contribution in [0.1, 0.15) is 39.1 Å². The van der Waals surface area contributed by atoms with Crippen LogP contribution in [0.2, 0.25) is 0 Å². The van der Waals surface area contributed by atoms with Crippen molar-refractivity contribution in [3.63, 3.8) is 0 Å². The number of furan rings is 1. The molecule has 0 aliphatic heterocycles. The van der Waals surface area contributed by atoms with Crippen LogP contribution in [0.3, 0.4) is 0 Å². The smallest absolute Gasteiger partial charge is 0.261 e. The molecule has 5 N–H and O–H groups in total. The largest absolute Gasteiger partial charge is 0.489 e. The summed E-state index contributed by atoms with van der Waals surface area (Å²) in [6.07, 6.45) is 3.89. The second-order valence-electron chi connectivity index (χ2n) is 11.1. The third kappa shape index (κ3) is 10.5. The number of hydrogen-bond donors (Lipinski definition) is 5.